The van der Waals surface area contributed by atoms with Crippen LogP contribution in [0.25, 0.3) is 0 Å². The average molecular weight is 464 g/mol. The van der Waals surface area contributed by atoms with Gasteiger partial charge in [0.25, 0.3) is 5.91 Å². The molecule has 0 radical (unpaired) electrons. The van der Waals surface area contributed by atoms with Gasteiger partial charge >= 0.3 is 5.97 Å². The minimum absolute atomic E-state index is 0.131. The van der Waals surface area contributed by atoms with Crippen molar-refractivity contribution in [1.29, 1.82) is 0 Å². The third kappa shape index (κ3) is 6.08. The lowest BCUT2D eigenvalue weighted by molar-refractivity contribution is -0.164. The summed E-state index contributed by atoms with van der Waals surface area (Å²) in [5.41, 5.74) is 0.578. The molecule has 2 aromatic rings. The third-order valence-corrected chi connectivity index (χ3v) is 7.45. The molecular weight excluding hydrogens is 422 g/mol. The second kappa shape index (κ2) is 10.8. The van der Waals surface area contributed by atoms with Gasteiger partial charge in [0, 0.05) is 11.5 Å². The molecule has 1 N–H and O–H groups in total. The van der Waals surface area contributed by atoms with Crippen molar-refractivity contribution in [3.8, 4) is 0 Å². The van der Waals surface area contributed by atoms with Gasteiger partial charge in [-0.15, -0.1) is 0 Å². The monoisotopic (exact) mass is 463 g/mol. The maximum Gasteiger partial charge on any atom is 0.331 e. The SMILES string of the molecule is CC(C)C[C@](C)(NC(=O)c1ccccc1)C(=O)O[C@@H]1C[C@H](C)CC[C@H]1C(C)(C)c1ccccc1. The third-order valence-electron chi connectivity index (χ3n) is 7.45. The number of ether oxygens (including phenoxy) is 1. The zero-order chi connectivity index (χ0) is 24.9. The Kier molecular flexibility index (Phi) is 8.22. The Hall–Kier alpha value is -2.62. The number of hydrogen-bond acceptors (Lipinski definition) is 3. The zero-order valence-corrected chi connectivity index (χ0v) is 21.6. The second-order valence-electron chi connectivity index (χ2n) is 11.3. The quantitative estimate of drug-likeness (QED) is 0.452. The van der Waals surface area contributed by atoms with Crippen LogP contribution in [0.1, 0.15) is 83.1 Å². The fraction of sp³-hybridized carbons (Fsp3) is 0.533. The molecule has 0 bridgehead atoms. The summed E-state index contributed by atoms with van der Waals surface area (Å²) in [6.07, 6.45) is 3.31. The molecule has 0 spiro atoms. The van der Waals surface area contributed by atoms with Crippen LogP contribution in [0, 0.1) is 17.8 Å². The standard InChI is InChI=1S/C30H41NO3/c1-21(2)20-30(6,31-27(32)23-13-9-7-10-14-23)28(33)34-26-19-22(3)17-18-25(26)29(4,5)24-15-11-8-12-16-24/h7-16,21-22,25-26H,17-20H2,1-6H3,(H,31,32)/t22-,25-,26-,30+/m1/s1. The van der Waals surface area contributed by atoms with Gasteiger partial charge in [0.15, 0.2) is 0 Å². The molecule has 0 aliphatic heterocycles. The van der Waals surface area contributed by atoms with E-state index >= 15 is 0 Å². The van der Waals surface area contributed by atoms with Gasteiger partial charge in [-0.3, -0.25) is 4.79 Å². The number of esters is 1. The predicted molar refractivity (Wildman–Crippen MR) is 138 cm³/mol. The fourth-order valence-electron chi connectivity index (χ4n) is 5.55. The molecule has 184 valence electrons. The summed E-state index contributed by atoms with van der Waals surface area (Å²) in [4.78, 5) is 26.7. The highest BCUT2D eigenvalue weighted by molar-refractivity contribution is 5.98. The molecule has 34 heavy (non-hydrogen) atoms. The highest BCUT2D eigenvalue weighted by atomic mass is 16.5. The molecule has 4 atom stereocenters. The molecule has 1 aliphatic carbocycles. The first-order valence-electron chi connectivity index (χ1n) is 12.7. The maximum atomic E-state index is 13.7. The lowest BCUT2D eigenvalue weighted by Crippen LogP contribution is -2.56. The highest BCUT2D eigenvalue weighted by Crippen LogP contribution is 2.44. The molecule has 0 unspecified atom stereocenters. The normalized spacial score (nSPS) is 22.6. The molecule has 1 amide bonds. The van der Waals surface area contributed by atoms with E-state index in [2.05, 4.69) is 64.2 Å². The molecule has 4 nitrogen and oxygen atoms in total. The molecule has 0 aromatic heterocycles. The van der Waals surface area contributed by atoms with E-state index in [1.165, 1.54) is 5.56 Å². The van der Waals surface area contributed by atoms with E-state index in [9.17, 15) is 9.59 Å². The number of hydrogen-bond donors (Lipinski definition) is 1. The van der Waals surface area contributed by atoms with Crippen LogP contribution in [0.15, 0.2) is 60.7 Å². The minimum Gasteiger partial charge on any atom is -0.460 e. The van der Waals surface area contributed by atoms with Crippen LogP contribution in [0.2, 0.25) is 0 Å². The molecule has 0 saturated heterocycles. The van der Waals surface area contributed by atoms with E-state index < -0.39 is 5.54 Å². The Morgan fingerprint density at radius 1 is 0.971 bits per heavy atom. The first kappa shape index (κ1) is 26.0. The van der Waals surface area contributed by atoms with Crippen molar-refractivity contribution < 1.29 is 14.3 Å². The molecular formula is C30H41NO3. The van der Waals surface area contributed by atoms with Gasteiger partial charge < -0.3 is 10.1 Å². The van der Waals surface area contributed by atoms with E-state index in [0.717, 1.165) is 19.3 Å². The van der Waals surface area contributed by atoms with Crippen molar-refractivity contribution in [2.45, 2.75) is 84.3 Å². The average Bonchev–Trinajstić information content (AvgIpc) is 2.79. The van der Waals surface area contributed by atoms with Gasteiger partial charge in [-0.1, -0.05) is 89.6 Å². The Bertz CT molecular complexity index is 954. The van der Waals surface area contributed by atoms with E-state index in [1.54, 1.807) is 19.1 Å². The lowest BCUT2D eigenvalue weighted by atomic mass is 9.64. The van der Waals surface area contributed by atoms with E-state index in [4.69, 9.17) is 4.74 Å². The molecule has 1 aliphatic rings. The summed E-state index contributed by atoms with van der Waals surface area (Å²) in [5.74, 6) is 0.340. The van der Waals surface area contributed by atoms with Crippen molar-refractivity contribution in [2.75, 3.05) is 0 Å². The van der Waals surface area contributed by atoms with Gasteiger partial charge in [-0.2, -0.15) is 0 Å². The summed E-state index contributed by atoms with van der Waals surface area (Å²) in [6, 6.07) is 19.6. The Balaban J connectivity index is 1.84. The first-order valence-corrected chi connectivity index (χ1v) is 12.7. The molecule has 4 heteroatoms. The lowest BCUT2D eigenvalue weighted by Gasteiger charge is -2.45. The first-order chi connectivity index (χ1) is 16.0. The van der Waals surface area contributed by atoms with Gasteiger partial charge in [0.1, 0.15) is 11.6 Å². The molecule has 1 saturated carbocycles. The largest absolute Gasteiger partial charge is 0.460 e. The number of benzene rings is 2. The Morgan fingerprint density at radius 3 is 2.15 bits per heavy atom. The van der Waals surface area contributed by atoms with Gasteiger partial charge in [-0.25, -0.2) is 4.79 Å². The van der Waals surface area contributed by atoms with Crippen LogP contribution in [0.4, 0.5) is 0 Å². The van der Waals surface area contributed by atoms with Crippen LogP contribution in [0.3, 0.4) is 0 Å². The number of rotatable bonds is 8. The molecule has 3 rings (SSSR count). The number of carbonyl (C=O) groups is 2. The number of carbonyl (C=O) groups excluding carboxylic acids is 2. The number of nitrogens with one attached hydrogen (secondary N) is 1. The minimum atomic E-state index is -1.09. The Labute approximate surface area is 205 Å². The van der Waals surface area contributed by atoms with Crippen LogP contribution < -0.4 is 5.32 Å². The zero-order valence-electron chi connectivity index (χ0n) is 21.6. The van der Waals surface area contributed by atoms with Crippen molar-refractivity contribution in [3.63, 3.8) is 0 Å². The van der Waals surface area contributed by atoms with Crippen molar-refractivity contribution in [1.82, 2.24) is 5.32 Å². The molecule has 2 aromatic carbocycles. The maximum absolute atomic E-state index is 13.7. The van der Waals surface area contributed by atoms with Crippen LogP contribution in [0.5, 0.6) is 0 Å². The fourth-order valence-corrected chi connectivity index (χ4v) is 5.55. The van der Waals surface area contributed by atoms with Crippen LogP contribution in [-0.2, 0) is 14.9 Å². The highest BCUT2D eigenvalue weighted by Gasteiger charge is 2.45. The second-order valence-corrected chi connectivity index (χ2v) is 11.3. The summed E-state index contributed by atoms with van der Waals surface area (Å²) >= 11 is 0. The summed E-state index contributed by atoms with van der Waals surface area (Å²) in [7, 11) is 0. The van der Waals surface area contributed by atoms with Gasteiger partial charge in [0.2, 0.25) is 0 Å². The predicted octanol–water partition coefficient (Wildman–Crippen LogP) is 6.55. The van der Waals surface area contributed by atoms with Crippen LogP contribution in [-0.4, -0.2) is 23.5 Å². The van der Waals surface area contributed by atoms with E-state index in [-0.39, 0.29) is 35.2 Å². The summed E-state index contributed by atoms with van der Waals surface area (Å²) in [6.45, 7) is 12.7. The summed E-state index contributed by atoms with van der Waals surface area (Å²) in [5, 5.41) is 3.01. The van der Waals surface area contributed by atoms with Crippen molar-refractivity contribution in [3.05, 3.63) is 71.8 Å². The Morgan fingerprint density at radius 2 is 1.56 bits per heavy atom. The van der Waals surface area contributed by atoms with Crippen molar-refractivity contribution >= 4 is 11.9 Å². The van der Waals surface area contributed by atoms with E-state index in [1.807, 2.05) is 24.3 Å². The topological polar surface area (TPSA) is 55.4 Å². The summed E-state index contributed by atoms with van der Waals surface area (Å²) < 4.78 is 6.33. The van der Waals surface area contributed by atoms with Crippen molar-refractivity contribution in [2.24, 2.45) is 17.8 Å². The van der Waals surface area contributed by atoms with Gasteiger partial charge in [-0.05, 0) is 61.1 Å². The smallest absolute Gasteiger partial charge is 0.331 e. The van der Waals surface area contributed by atoms with E-state index in [0.29, 0.717) is 17.9 Å². The van der Waals surface area contributed by atoms with Gasteiger partial charge in [0.05, 0.1) is 0 Å². The van der Waals surface area contributed by atoms with Crippen LogP contribution >= 0.6 is 0 Å². The molecule has 0 heterocycles. The molecule has 1 fully saturated rings. The number of amides is 1.